The van der Waals surface area contributed by atoms with E-state index in [1.807, 2.05) is 19.9 Å². The molecule has 0 radical (unpaired) electrons. The highest BCUT2D eigenvalue weighted by molar-refractivity contribution is 5.92. The van der Waals surface area contributed by atoms with Crippen LogP contribution in [0.3, 0.4) is 0 Å². The van der Waals surface area contributed by atoms with Crippen molar-refractivity contribution in [3.05, 3.63) is 11.6 Å². The molecule has 176 valence electrons. The lowest BCUT2D eigenvalue weighted by molar-refractivity contribution is -0.172. The van der Waals surface area contributed by atoms with Crippen molar-refractivity contribution < 1.29 is 33.7 Å². The molecule has 1 N–H and O–H groups in total. The van der Waals surface area contributed by atoms with E-state index in [9.17, 15) is 19.5 Å². The molecule has 0 amide bonds. The quantitative estimate of drug-likeness (QED) is 0.522. The largest absolute Gasteiger partial charge is 0.509 e. The summed E-state index contributed by atoms with van der Waals surface area (Å²) in [5.74, 6) is -0.175. The molecule has 4 aliphatic carbocycles. The molecule has 8 atom stereocenters. The van der Waals surface area contributed by atoms with Crippen LogP contribution in [0, 0.1) is 28.6 Å². The Morgan fingerprint density at radius 2 is 2.00 bits per heavy atom. The minimum Gasteiger partial charge on any atom is -0.435 e. The number of carbonyl (C=O) groups excluding carboxylic acids is 3. The van der Waals surface area contributed by atoms with Crippen molar-refractivity contribution in [3.63, 3.8) is 0 Å². The normalized spacial score (nSPS) is 48.5. The van der Waals surface area contributed by atoms with Crippen LogP contribution in [0.4, 0.5) is 4.79 Å². The summed E-state index contributed by atoms with van der Waals surface area (Å²) in [5, 5.41) is 9.90. The molecule has 3 saturated carbocycles. The van der Waals surface area contributed by atoms with Gasteiger partial charge in [0.1, 0.15) is 12.2 Å². The number of aliphatic hydroxyl groups excluding tert-OH is 1. The number of ketones is 2. The highest BCUT2D eigenvalue weighted by Crippen LogP contribution is 2.77. The molecule has 4 fully saturated rings. The molecule has 0 unspecified atom stereocenters. The van der Waals surface area contributed by atoms with Gasteiger partial charge in [0, 0.05) is 23.2 Å². The molecular formula is C25H34O7. The van der Waals surface area contributed by atoms with Crippen LogP contribution in [0.5, 0.6) is 0 Å². The van der Waals surface area contributed by atoms with E-state index < -0.39 is 29.6 Å². The van der Waals surface area contributed by atoms with Crippen molar-refractivity contribution in [2.45, 2.75) is 83.5 Å². The van der Waals surface area contributed by atoms with E-state index in [-0.39, 0.29) is 47.3 Å². The number of carbonyl (C=O) groups is 3. The predicted molar refractivity (Wildman–Crippen MR) is 114 cm³/mol. The summed E-state index contributed by atoms with van der Waals surface area (Å²) in [6, 6.07) is 0. The van der Waals surface area contributed by atoms with Gasteiger partial charge in [-0.05, 0) is 56.9 Å². The number of rotatable bonds is 4. The van der Waals surface area contributed by atoms with Crippen LogP contribution in [0.15, 0.2) is 11.6 Å². The molecule has 0 bridgehead atoms. The maximum Gasteiger partial charge on any atom is 0.509 e. The Morgan fingerprint density at radius 3 is 2.69 bits per heavy atom. The Bertz CT molecular complexity index is 910. The van der Waals surface area contributed by atoms with Gasteiger partial charge in [0.15, 0.2) is 11.4 Å². The first-order valence-electron chi connectivity index (χ1n) is 12.0. The Hall–Kier alpha value is -1.73. The van der Waals surface area contributed by atoms with Gasteiger partial charge in [-0.25, -0.2) is 4.79 Å². The van der Waals surface area contributed by atoms with Crippen molar-refractivity contribution in [2.24, 2.45) is 28.6 Å². The van der Waals surface area contributed by atoms with Crippen LogP contribution in [0.2, 0.25) is 0 Å². The van der Waals surface area contributed by atoms with Crippen LogP contribution < -0.4 is 0 Å². The summed E-state index contributed by atoms with van der Waals surface area (Å²) in [5.41, 5.74) is -1.37. The highest BCUT2D eigenvalue weighted by atomic mass is 16.7. The van der Waals surface area contributed by atoms with E-state index in [4.69, 9.17) is 14.2 Å². The summed E-state index contributed by atoms with van der Waals surface area (Å²) in [4.78, 5) is 37.9. The second-order valence-electron chi connectivity index (χ2n) is 11.0. The standard InChI is InChI=1S/C25H34O7/c1-5-30-21(29)32-24(19(28)13-26)14(2)10-18-17-7-6-15-11-16(27)8-9-22(15,3)25(17)20(31-25)12-23(18,24)4/h11,14,17-18,20,26H,5-10,12-13H2,1-4H3/t14-,17-,18-,20-,22-,23-,24-,25+/m0/s1. The van der Waals surface area contributed by atoms with Gasteiger partial charge in [0.05, 0.1) is 12.7 Å². The molecule has 1 saturated heterocycles. The first-order valence-corrected chi connectivity index (χ1v) is 12.0. The first-order chi connectivity index (χ1) is 15.1. The Morgan fingerprint density at radius 1 is 1.25 bits per heavy atom. The Labute approximate surface area is 188 Å². The van der Waals surface area contributed by atoms with Crippen molar-refractivity contribution >= 4 is 17.7 Å². The molecule has 0 aromatic carbocycles. The third kappa shape index (κ3) is 2.42. The monoisotopic (exact) mass is 446 g/mol. The molecule has 5 rings (SSSR count). The molecule has 5 aliphatic rings. The highest BCUT2D eigenvalue weighted by Gasteiger charge is 2.83. The average molecular weight is 447 g/mol. The SMILES string of the molecule is CCOC(=O)O[C@]1(C(=O)CO)[C@@H](C)C[C@H]2[C@@H]3CCC4=CC(=O)CC[C@]4(C)[C@@]34O[C@H]4C[C@@]21C. The summed E-state index contributed by atoms with van der Waals surface area (Å²) >= 11 is 0. The number of hydrogen-bond acceptors (Lipinski definition) is 7. The fourth-order valence-electron chi connectivity index (χ4n) is 8.60. The van der Waals surface area contributed by atoms with Gasteiger partial charge < -0.3 is 19.3 Å². The zero-order chi connectivity index (χ0) is 23.1. The number of Topliss-reactive ketones (excluding diaryl/α,β-unsaturated/α-hetero) is 1. The van der Waals surface area contributed by atoms with Crippen molar-refractivity contribution in [3.8, 4) is 0 Å². The predicted octanol–water partition coefficient (Wildman–Crippen LogP) is 3.37. The molecule has 1 heterocycles. The lowest BCUT2D eigenvalue weighted by atomic mass is 9.46. The zero-order valence-corrected chi connectivity index (χ0v) is 19.4. The number of aliphatic hydroxyl groups is 1. The van der Waals surface area contributed by atoms with Crippen molar-refractivity contribution in [2.75, 3.05) is 13.2 Å². The number of epoxide rings is 1. The zero-order valence-electron chi connectivity index (χ0n) is 19.4. The maximum absolute atomic E-state index is 13.3. The van der Waals surface area contributed by atoms with Gasteiger partial charge >= 0.3 is 6.16 Å². The van der Waals surface area contributed by atoms with Gasteiger partial charge in [-0.15, -0.1) is 0 Å². The van der Waals surface area contributed by atoms with Gasteiger partial charge in [0.2, 0.25) is 5.78 Å². The van der Waals surface area contributed by atoms with Crippen molar-refractivity contribution in [1.29, 1.82) is 0 Å². The second kappa shape index (κ2) is 6.89. The third-order valence-electron chi connectivity index (χ3n) is 9.94. The Kier molecular flexibility index (Phi) is 4.75. The molecule has 7 nitrogen and oxygen atoms in total. The first kappa shape index (κ1) is 22.1. The molecule has 0 aromatic rings. The lowest BCUT2D eigenvalue weighted by Crippen LogP contribution is -2.64. The molecule has 1 aliphatic heterocycles. The summed E-state index contributed by atoms with van der Waals surface area (Å²) in [6.07, 6.45) is 5.32. The number of ether oxygens (including phenoxy) is 3. The topological polar surface area (TPSA) is 102 Å². The summed E-state index contributed by atoms with van der Waals surface area (Å²) in [7, 11) is 0. The third-order valence-corrected chi connectivity index (χ3v) is 9.94. The number of hydrogen-bond donors (Lipinski definition) is 1. The van der Waals surface area contributed by atoms with Gasteiger partial charge in [-0.3, -0.25) is 9.59 Å². The van der Waals surface area contributed by atoms with E-state index in [2.05, 4.69) is 6.92 Å². The van der Waals surface area contributed by atoms with E-state index in [0.29, 0.717) is 12.8 Å². The van der Waals surface area contributed by atoms with Crippen LogP contribution in [0.1, 0.15) is 66.2 Å². The fourth-order valence-corrected chi connectivity index (χ4v) is 8.60. The fraction of sp³-hybridized carbons (Fsp3) is 0.800. The van der Waals surface area contributed by atoms with E-state index in [0.717, 1.165) is 25.7 Å². The molecule has 32 heavy (non-hydrogen) atoms. The molecule has 1 spiro atoms. The minimum atomic E-state index is -1.43. The van der Waals surface area contributed by atoms with Gasteiger partial charge in [-0.1, -0.05) is 26.3 Å². The van der Waals surface area contributed by atoms with Crippen LogP contribution in [-0.4, -0.2) is 53.3 Å². The van der Waals surface area contributed by atoms with E-state index in [1.165, 1.54) is 5.57 Å². The molecule has 7 heteroatoms. The molecule has 0 aromatic heterocycles. The van der Waals surface area contributed by atoms with Gasteiger partial charge in [-0.2, -0.15) is 0 Å². The van der Waals surface area contributed by atoms with E-state index in [1.54, 1.807) is 6.92 Å². The summed E-state index contributed by atoms with van der Waals surface area (Å²) in [6.45, 7) is 7.41. The van der Waals surface area contributed by atoms with Crippen LogP contribution in [0.25, 0.3) is 0 Å². The minimum absolute atomic E-state index is 0.0578. The smallest absolute Gasteiger partial charge is 0.435 e. The van der Waals surface area contributed by atoms with Crippen LogP contribution >= 0.6 is 0 Å². The number of fused-ring (bicyclic) bond motifs is 3. The summed E-state index contributed by atoms with van der Waals surface area (Å²) < 4.78 is 17.5. The van der Waals surface area contributed by atoms with E-state index >= 15 is 0 Å². The second-order valence-corrected chi connectivity index (χ2v) is 11.0. The maximum atomic E-state index is 13.3. The van der Waals surface area contributed by atoms with Crippen LogP contribution in [-0.2, 0) is 23.8 Å². The average Bonchev–Trinajstić information content (AvgIpc) is 3.42. The lowest BCUT2D eigenvalue weighted by Gasteiger charge is -2.56. The molecular weight excluding hydrogens is 412 g/mol. The Balaban J connectivity index is 1.57. The van der Waals surface area contributed by atoms with Gasteiger partial charge in [0.25, 0.3) is 0 Å². The van der Waals surface area contributed by atoms with Crippen molar-refractivity contribution in [1.82, 2.24) is 0 Å².